The minimum atomic E-state index is -0.669. The van der Waals surface area contributed by atoms with Crippen molar-refractivity contribution in [1.82, 2.24) is 0 Å². The molecule has 0 amide bonds. The number of hydrogen-bond acceptors (Lipinski definition) is 4. The lowest BCUT2D eigenvalue weighted by molar-refractivity contribution is -0.385. The predicted octanol–water partition coefficient (Wildman–Crippen LogP) is 3.32. The molecule has 0 atom stereocenters. The quantitative estimate of drug-likeness (QED) is 0.447. The van der Waals surface area contributed by atoms with Crippen molar-refractivity contribution in [3.8, 4) is 0 Å². The number of nitrogens with zero attached hydrogens (tertiary/aromatic N) is 1. The van der Waals surface area contributed by atoms with Gasteiger partial charge in [0, 0.05) is 35.9 Å². The molecule has 0 aromatic heterocycles. The van der Waals surface area contributed by atoms with E-state index in [0.29, 0.717) is 23.8 Å². The maximum absolute atomic E-state index is 10.7. The van der Waals surface area contributed by atoms with Gasteiger partial charge in [0.2, 0.25) is 0 Å². The normalized spacial score (nSPS) is 10.8. The van der Waals surface area contributed by atoms with Gasteiger partial charge in [-0.1, -0.05) is 11.6 Å². The summed E-state index contributed by atoms with van der Waals surface area (Å²) >= 11 is 5.98. The Bertz CT molecular complexity index is 391. The van der Waals surface area contributed by atoms with Crippen LogP contribution in [0.3, 0.4) is 0 Å². The lowest BCUT2D eigenvalue weighted by atomic mass is 10.2. The number of ether oxygens (including phenoxy) is 2. The van der Waals surface area contributed by atoms with Crippen molar-refractivity contribution < 1.29 is 14.4 Å². The van der Waals surface area contributed by atoms with E-state index >= 15 is 0 Å². The first-order valence-corrected chi connectivity index (χ1v) is 5.65. The fourth-order valence-electron chi connectivity index (χ4n) is 1.36. The van der Waals surface area contributed by atoms with Crippen LogP contribution in [0.15, 0.2) is 18.2 Å². The molecular weight excluding hydrogens is 246 g/mol. The summed E-state index contributed by atoms with van der Waals surface area (Å²) in [4.78, 5) is 10.2. The third-order valence-corrected chi connectivity index (χ3v) is 2.42. The molecule has 0 aliphatic rings. The molecule has 0 spiro atoms. The Hall–Kier alpha value is -1.17. The molecule has 1 aromatic rings. The van der Waals surface area contributed by atoms with Crippen LogP contribution in [0.2, 0.25) is 5.02 Å². The average Bonchev–Trinajstić information content (AvgIpc) is 2.29. The fraction of sp³-hybridized carbons (Fsp3) is 0.455. The number of nitro benzene ring substituents is 1. The van der Waals surface area contributed by atoms with Crippen molar-refractivity contribution >= 4 is 17.3 Å². The van der Waals surface area contributed by atoms with Crippen molar-refractivity contribution in [2.75, 3.05) is 13.2 Å². The van der Waals surface area contributed by atoms with E-state index in [1.54, 1.807) is 0 Å². The molecule has 0 N–H and O–H groups in total. The van der Waals surface area contributed by atoms with Crippen molar-refractivity contribution in [2.24, 2.45) is 0 Å². The highest BCUT2D eigenvalue weighted by Crippen LogP contribution is 2.30. The zero-order valence-corrected chi connectivity index (χ0v) is 10.4. The summed E-state index contributed by atoms with van der Waals surface area (Å²) in [5.41, 5.74) is 0.443. The second-order valence-electron chi connectivity index (χ2n) is 3.21. The van der Waals surface area contributed by atoms with E-state index in [1.807, 2.05) is 13.8 Å². The standard InChI is InChI=1S/C11H14ClNO4/c1-3-16-11(17-4-2)9-7-8(13(14)15)5-6-10(9)12/h5-7,11H,3-4H2,1-2H3. The Morgan fingerprint density at radius 3 is 2.41 bits per heavy atom. The van der Waals surface area contributed by atoms with Crippen LogP contribution < -0.4 is 0 Å². The van der Waals surface area contributed by atoms with Crippen LogP contribution >= 0.6 is 11.6 Å². The average molecular weight is 260 g/mol. The smallest absolute Gasteiger partial charge is 0.269 e. The summed E-state index contributed by atoms with van der Waals surface area (Å²) in [6.07, 6.45) is -0.669. The van der Waals surface area contributed by atoms with Gasteiger partial charge in [-0.25, -0.2) is 0 Å². The van der Waals surface area contributed by atoms with Gasteiger partial charge in [0.1, 0.15) is 0 Å². The highest BCUT2D eigenvalue weighted by Gasteiger charge is 2.18. The highest BCUT2D eigenvalue weighted by atomic mass is 35.5. The fourth-order valence-corrected chi connectivity index (χ4v) is 1.56. The van der Waals surface area contributed by atoms with E-state index in [4.69, 9.17) is 21.1 Å². The monoisotopic (exact) mass is 259 g/mol. The molecule has 94 valence electrons. The Balaban J connectivity index is 3.07. The molecule has 0 unspecified atom stereocenters. The van der Waals surface area contributed by atoms with Crippen LogP contribution in [0.1, 0.15) is 25.7 Å². The minimum Gasteiger partial charge on any atom is -0.349 e. The summed E-state index contributed by atoms with van der Waals surface area (Å²) in [6, 6.07) is 4.19. The lowest BCUT2D eigenvalue weighted by Gasteiger charge is -2.18. The van der Waals surface area contributed by atoms with Gasteiger partial charge in [0.15, 0.2) is 6.29 Å². The van der Waals surface area contributed by atoms with E-state index in [-0.39, 0.29) is 5.69 Å². The zero-order valence-electron chi connectivity index (χ0n) is 9.68. The summed E-state index contributed by atoms with van der Waals surface area (Å²) in [5, 5.41) is 11.1. The SMILES string of the molecule is CCOC(OCC)c1cc([N+](=O)[O-])ccc1Cl. The van der Waals surface area contributed by atoms with Gasteiger partial charge in [-0.3, -0.25) is 10.1 Å². The summed E-state index contributed by atoms with van der Waals surface area (Å²) < 4.78 is 10.7. The van der Waals surface area contributed by atoms with Gasteiger partial charge in [0.25, 0.3) is 5.69 Å². The highest BCUT2D eigenvalue weighted by molar-refractivity contribution is 6.31. The first-order valence-electron chi connectivity index (χ1n) is 5.27. The number of rotatable bonds is 6. The number of nitro groups is 1. The number of benzene rings is 1. The van der Waals surface area contributed by atoms with Crippen LogP contribution in [0, 0.1) is 10.1 Å². The molecule has 0 aliphatic heterocycles. The van der Waals surface area contributed by atoms with Crippen LogP contribution in [0.25, 0.3) is 0 Å². The van der Waals surface area contributed by atoms with Gasteiger partial charge in [0.05, 0.1) is 4.92 Å². The van der Waals surface area contributed by atoms with Gasteiger partial charge < -0.3 is 9.47 Å². The molecule has 0 fully saturated rings. The molecule has 5 nitrogen and oxygen atoms in total. The van der Waals surface area contributed by atoms with E-state index < -0.39 is 11.2 Å². The van der Waals surface area contributed by atoms with Crippen LogP contribution in [0.4, 0.5) is 5.69 Å². The Kier molecular flexibility index (Phi) is 5.34. The van der Waals surface area contributed by atoms with Crippen LogP contribution in [-0.4, -0.2) is 18.1 Å². The van der Waals surface area contributed by atoms with Crippen molar-refractivity contribution in [2.45, 2.75) is 20.1 Å². The third kappa shape index (κ3) is 3.66. The number of halogens is 1. The van der Waals surface area contributed by atoms with Crippen molar-refractivity contribution in [3.63, 3.8) is 0 Å². The van der Waals surface area contributed by atoms with Crippen LogP contribution in [-0.2, 0) is 9.47 Å². The molecular formula is C11H14ClNO4. The number of non-ortho nitro benzene ring substituents is 1. The minimum absolute atomic E-state index is 0.0335. The molecule has 0 saturated heterocycles. The lowest BCUT2D eigenvalue weighted by Crippen LogP contribution is -2.09. The van der Waals surface area contributed by atoms with Gasteiger partial charge >= 0.3 is 0 Å². The largest absolute Gasteiger partial charge is 0.349 e. The molecule has 1 aromatic carbocycles. The first kappa shape index (κ1) is 13.9. The van der Waals surface area contributed by atoms with Crippen molar-refractivity contribution in [1.29, 1.82) is 0 Å². The third-order valence-electron chi connectivity index (χ3n) is 2.08. The summed E-state index contributed by atoms with van der Waals surface area (Å²) in [6.45, 7) is 4.50. The predicted molar refractivity (Wildman–Crippen MR) is 64.1 cm³/mol. The molecule has 1 rings (SSSR count). The second-order valence-corrected chi connectivity index (χ2v) is 3.61. The van der Waals surface area contributed by atoms with Gasteiger partial charge in [-0.15, -0.1) is 0 Å². The van der Waals surface area contributed by atoms with Gasteiger partial charge in [-0.2, -0.15) is 0 Å². The molecule has 17 heavy (non-hydrogen) atoms. The van der Waals surface area contributed by atoms with Crippen LogP contribution in [0.5, 0.6) is 0 Å². The van der Waals surface area contributed by atoms with E-state index in [0.717, 1.165) is 0 Å². The molecule has 0 aliphatic carbocycles. The summed E-state index contributed by atoms with van der Waals surface area (Å²) in [7, 11) is 0. The topological polar surface area (TPSA) is 61.6 Å². The van der Waals surface area contributed by atoms with Crippen molar-refractivity contribution in [3.05, 3.63) is 38.9 Å². The maximum Gasteiger partial charge on any atom is 0.269 e. The molecule has 0 radical (unpaired) electrons. The Morgan fingerprint density at radius 2 is 1.94 bits per heavy atom. The molecule has 0 bridgehead atoms. The number of hydrogen-bond donors (Lipinski definition) is 0. The molecule has 0 heterocycles. The second kappa shape index (κ2) is 6.54. The first-order chi connectivity index (χ1) is 8.10. The Labute approximate surface area is 104 Å². The molecule has 0 saturated carbocycles. The van der Waals surface area contributed by atoms with E-state index in [2.05, 4.69) is 0 Å². The van der Waals surface area contributed by atoms with Gasteiger partial charge in [-0.05, 0) is 19.9 Å². The maximum atomic E-state index is 10.7. The zero-order chi connectivity index (χ0) is 12.8. The van der Waals surface area contributed by atoms with E-state index in [1.165, 1.54) is 18.2 Å². The summed E-state index contributed by atoms with van der Waals surface area (Å²) in [5.74, 6) is 0. The Morgan fingerprint density at radius 1 is 1.35 bits per heavy atom. The molecule has 6 heteroatoms. The van der Waals surface area contributed by atoms with E-state index in [9.17, 15) is 10.1 Å².